The number of aliphatic hydroxyl groups is 1. The number of rotatable bonds is 13. The van der Waals surface area contributed by atoms with E-state index in [1.807, 2.05) is 113 Å². The molecule has 24 nitrogen and oxygen atoms in total. The first-order valence-corrected chi connectivity index (χ1v) is 31.5. The van der Waals surface area contributed by atoms with Crippen molar-refractivity contribution >= 4 is 89.9 Å². The van der Waals surface area contributed by atoms with Gasteiger partial charge in [0.2, 0.25) is 27.7 Å². The van der Waals surface area contributed by atoms with Crippen LogP contribution in [0.15, 0.2) is 158 Å². The average molecular weight is 1290 g/mol. The Kier molecular flexibility index (Phi) is 22.3. The number of aromatic nitrogens is 4. The summed E-state index contributed by atoms with van der Waals surface area (Å²) in [7, 11) is -1.82. The highest BCUT2D eigenvalue weighted by molar-refractivity contribution is 7.92. The van der Waals surface area contributed by atoms with Gasteiger partial charge in [0.1, 0.15) is 30.4 Å². The third-order valence-corrected chi connectivity index (χ3v) is 16.4. The van der Waals surface area contributed by atoms with Gasteiger partial charge in [0.05, 0.1) is 93.7 Å². The Hall–Kier alpha value is -11.2. The number of nitriles is 2. The molecule has 0 saturated carbocycles. The number of carbonyl (C=O) groups is 5. The summed E-state index contributed by atoms with van der Waals surface area (Å²) in [5, 5.41) is 61.5. The number of phenolic OH excluding ortho intramolecular Hbond substituents is 1. The highest BCUT2D eigenvalue weighted by atomic mass is 32.2. The molecular formula is C69H75N13O11S. The van der Waals surface area contributed by atoms with Gasteiger partial charge in [-0.25, -0.2) is 23.1 Å². The number of methoxy groups -OCH3 is 1. The number of nitrogens with zero attached hydrogens (tertiary/aromatic N) is 7. The molecule has 3 aliphatic heterocycles. The Morgan fingerprint density at radius 2 is 1.51 bits per heavy atom. The molecule has 1 saturated heterocycles. The van der Waals surface area contributed by atoms with E-state index < -0.39 is 50.4 Å². The second-order valence-corrected chi connectivity index (χ2v) is 25.3. The van der Waals surface area contributed by atoms with E-state index in [0.29, 0.717) is 60.5 Å². The summed E-state index contributed by atoms with van der Waals surface area (Å²) >= 11 is 0. The molecule has 488 valence electrons. The smallest absolute Gasteiger partial charge is 0.300 e. The number of ether oxygens (including phenoxy) is 1. The van der Waals surface area contributed by atoms with Crippen LogP contribution in [0.1, 0.15) is 105 Å². The standard InChI is InChI=1S/C21H19N3O3S.C17H19N5.C16H17N3O4.C13H16N2O2.C2H4O2/c1-27-20-13-14(24-28(2,25)26)11-12-19(20)23-21-15-7-3-5-9-17(15)22-18-10-6-4-8-16(18)21;1-16(2,9-18)14-5-13(8-22-12-20-11-21-22)6-15(7-14)17(3,4)10-19;1-8-2-4-10-13(14(8)21)18-15(22)11-6-9(3-5-12(17)20)7-19(11)16(10)23;1-2-13(8-7-11(16)15-12(13)17)9-3-5-10(14)6-4-9;1-2(3)4/h3-13,24H,1-2H3,(H,22,23);5-7,11-12H,8H2,1-4H3;2-5,7,11,15,18,21-22H,6H2,1H3,(H2,17,20);3-6H,2,7-8,14H2,1H3,(H,15,16,17);1H3,(H,3,4)/b;;5-3+;;/t;;11-,15-;;/m..0../s1. The number of anilines is 5. The number of nitrogens with two attached hydrogens (primary N) is 2. The number of allylic oxidation sites excluding steroid dienone is 1. The van der Waals surface area contributed by atoms with E-state index in [1.54, 1.807) is 73.7 Å². The molecule has 11 N–H and O–H groups in total. The largest absolute Gasteiger partial charge is 0.505 e. The maximum Gasteiger partial charge on any atom is 0.300 e. The Morgan fingerprint density at radius 1 is 0.904 bits per heavy atom. The Labute approximate surface area is 544 Å². The van der Waals surface area contributed by atoms with Crippen LogP contribution in [0.3, 0.4) is 0 Å². The minimum absolute atomic E-state index is 0.0473. The number of hydrogen-bond acceptors (Lipinski definition) is 18. The fourth-order valence-electron chi connectivity index (χ4n) is 10.5. The zero-order valence-corrected chi connectivity index (χ0v) is 54.2. The fourth-order valence-corrected chi connectivity index (χ4v) is 11.1. The number of piperidine rings is 1. The maximum absolute atomic E-state index is 12.7. The highest BCUT2D eigenvalue weighted by Gasteiger charge is 2.43. The number of pyridine rings is 1. The summed E-state index contributed by atoms with van der Waals surface area (Å²) in [5.74, 6) is -1.64. The Balaban J connectivity index is 0.000000176. The van der Waals surface area contributed by atoms with Crippen molar-refractivity contribution in [1.29, 1.82) is 10.5 Å². The van der Waals surface area contributed by atoms with Crippen LogP contribution in [0, 0.1) is 29.6 Å². The van der Waals surface area contributed by atoms with E-state index in [1.165, 1.54) is 23.4 Å². The van der Waals surface area contributed by atoms with E-state index in [0.717, 1.165) is 68.6 Å². The van der Waals surface area contributed by atoms with Gasteiger partial charge >= 0.3 is 0 Å². The van der Waals surface area contributed by atoms with Gasteiger partial charge in [-0.2, -0.15) is 15.6 Å². The zero-order valence-electron chi connectivity index (χ0n) is 53.4. The molecule has 0 spiro atoms. The third kappa shape index (κ3) is 17.3. The van der Waals surface area contributed by atoms with Gasteiger partial charge in [0, 0.05) is 48.1 Å². The molecule has 5 heterocycles. The van der Waals surface area contributed by atoms with Crippen LogP contribution < -0.4 is 36.9 Å². The minimum Gasteiger partial charge on any atom is -0.505 e. The topological polar surface area (TPSA) is 384 Å². The maximum atomic E-state index is 12.7. The van der Waals surface area contributed by atoms with E-state index in [9.17, 15) is 48.3 Å². The summed E-state index contributed by atoms with van der Waals surface area (Å²) in [4.78, 5) is 65.9. The van der Waals surface area contributed by atoms with Crippen molar-refractivity contribution < 1.29 is 52.4 Å². The first kappa shape index (κ1) is 70.3. The normalized spacial score (nSPS) is 16.5. The number of carboxylic acid groups (broad SMARTS) is 1. The first-order valence-electron chi connectivity index (χ1n) is 29.6. The number of primary amides is 1. The second-order valence-electron chi connectivity index (χ2n) is 23.5. The van der Waals surface area contributed by atoms with Gasteiger partial charge in [0.25, 0.3) is 11.9 Å². The molecule has 0 radical (unpaired) electrons. The van der Waals surface area contributed by atoms with Crippen LogP contribution >= 0.6 is 0 Å². The molecule has 3 aliphatic rings. The van der Waals surface area contributed by atoms with Crippen molar-refractivity contribution in [2.24, 2.45) is 5.73 Å². The number of carboxylic acids is 1. The number of imide groups is 1. The lowest BCUT2D eigenvalue weighted by atomic mass is 9.72. The lowest BCUT2D eigenvalue weighted by Gasteiger charge is -2.34. The van der Waals surface area contributed by atoms with Gasteiger partial charge < -0.3 is 47.1 Å². The number of aryl methyl sites for hydroxylation is 1. The average Bonchev–Trinajstić information content (AvgIpc) is 1.64. The number of nitrogens with one attached hydrogen (secondary N) is 4. The molecular weight excluding hydrogens is 1220 g/mol. The number of hydrogen-bond donors (Lipinski definition) is 9. The van der Waals surface area contributed by atoms with Crippen LogP contribution in [0.25, 0.3) is 21.8 Å². The summed E-state index contributed by atoms with van der Waals surface area (Å²) in [6.45, 7) is 12.8. The number of carbonyl (C=O) groups excluding carboxylic acids is 4. The van der Waals surface area contributed by atoms with Gasteiger partial charge in [-0.15, -0.1) is 0 Å². The Bertz CT molecular complexity index is 4320. The number of benzene rings is 6. The predicted molar refractivity (Wildman–Crippen MR) is 359 cm³/mol. The number of aromatic hydroxyl groups is 1. The van der Waals surface area contributed by atoms with Crippen LogP contribution in [0.2, 0.25) is 0 Å². The predicted octanol–water partition coefficient (Wildman–Crippen LogP) is 9.47. The van der Waals surface area contributed by atoms with Crippen molar-refractivity contribution in [3.8, 4) is 23.6 Å². The fraction of sp³-hybridized carbons (Fsp3) is 0.275. The van der Waals surface area contributed by atoms with Crippen molar-refractivity contribution in [3.05, 3.63) is 191 Å². The molecule has 4 amide bonds. The second kappa shape index (κ2) is 29.9. The van der Waals surface area contributed by atoms with Gasteiger partial charge in [-0.3, -0.25) is 34.0 Å². The van der Waals surface area contributed by atoms with Gasteiger partial charge in [0.15, 0.2) is 0 Å². The van der Waals surface area contributed by atoms with Gasteiger partial charge in [-0.1, -0.05) is 85.8 Å². The lowest BCUT2D eigenvalue weighted by Crippen LogP contribution is -2.51. The van der Waals surface area contributed by atoms with Crippen LogP contribution in [0.5, 0.6) is 11.5 Å². The molecule has 8 aromatic rings. The number of aliphatic carboxylic acids is 1. The van der Waals surface area contributed by atoms with Crippen molar-refractivity contribution in [2.45, 2.75) is 109 Å². The number of para-hydroxylation sites is 2. The number of nitrogen functional groups attached to an aromatic ring is 1. The monoisotopic (exact) mass is 1290 g/mol. The number of phenols is 1. The molecule has 1 unspecified atom stereocenters. The molecule has 0 bridgehead atoms. The zero-order chi connectivity index (χ0) is 68.9. The Morgan fingerprint density at radius 3 is 2.04 bits per heavy atom. The van der Waals surface area contributed by atoms with Crippen LogP contribution in [-0.4, -0.2) is 104 Å². The van der Waals surface area contributed by atoms with Crippen LogP contribution in [-0.2, 0) is 52.0 Å². The van der Waals surface area contributed by atoms with E-state index in [4.69, 9.17) is 31.1 Å². The summed E-state index contributed by atoms with van der Waals surface area (Å²) in [5.41, 5.74) is 19.0. The van der Waals surface area contributed by atoms with E-state index in [-0.39, 0.29) is 34.7 Å². The van der Waals surface area contributed by atoms with E-state index >= 15 is 0 Å². The minimum atomic E-state index is -3.37. The molecule has 94 heavy (non-hydrogen) atoms. The SMILES string of the molecule is CC(=O)O.CC(C)(C#N)c1cc(Cn2cncn2)cc(C(C)(C)C#N)c1.CCC1(c2ccc(N)cc2)CCC(=O)NC1=O.COc1cc(NS(C)(=O)=O)ccc1Nc1c2ccccc2nc2ccccc12.Cc1ccc2c(c1O)N[C@@H](O)[C@@H]1CC(/C=C/C(N)=O)=CN1C2=O. The van der Waals surface area contributed by atoms with Crippen molar-refractivity contribution in [1.82, 2.24) is 30.0 Å². The van der Waals surface area contributed by atoms with Gasteiger partial charge in [-0.05, 0) is 130 Å². The molecule has 0 aliphatic carbocycles. The molecule has 11 rings (SSSR count). The molecule has 1 fully saturated rings. The highest BCUT2D eigenvalue weighted by Crippen LogP contribution is 2.41. The number of aliphatic hydroxyl groups excluding tert-OH is 1. The third-order valence-electron chi connectivity index (χ3n) is 15.8. The molecule has 6 aromatic carbocycles. The number of sulfonamides is 1. The first-order chi connectivity index (χ1) is 44.4. The van der Waals surface area contributed by atoms with Crippen molar-refractivity contribution in [3.63, 3.8) is 0 Å². The summed E-state index contributed by atoms with van der Waals surface area (Å²) in [6, 6.07) is 41.6. The van der Waals surface area contributed by atoms with E-state index in [2.05, 4.69) is 42.9 Å². The molecule has 25 heteroatoms. The summed E-state index contributed by atoms with van der Waals surface area (Å²) in [6.07, 6.45) is 9.54. The molecule has 3 atom stereocenters. The molecule has 2 aromatic heterocycles. The summed E-state index contributed by atoms with van der Waals surface area (Å²) < 4.78 is 32.7. The number of amides is 4. The van der Waals surface area contributed by atoms with Crippen LogP contribution in [0.4, 0.5) is 28.4 Å². The van der Waals surface area contributed by atoms with Crippen molar-refractivity contribution in [2.75, 3.05) is 34.5 Å². The lowest BCUT2D eigenvalue weighted by molar-refractivity contribution is -0.138. The quantitative estimate of drug-likeness (QED) is 0.0170. The number of fused-ring (bicyclic) bond motifs is 4.